The first-order chi connectivity index (χ1) is 5.84. The van der Waals surface area contributed by atoms with Gasteiger partial charge >= 0.3 is 6.09 Å². The van der Waals surface area contributed by atoms with E-state index in [4.69, 9.17) is 4.74 Å². The van der Waals surface area contributed by atoms with E-state index in [9.17, 15) is 4.79 Å². The first-order valence-electron chi connectivity index (χ1n) is 4.76. The van der Waals surface area contributed by atoms with Gasteiger partial charge in [0.25, 0.3) is 0 Å². The SMILES string of the molecule is CCCOC(=O)N1CCCCC1.Cl. The van der Waals surface area contributed by atoms with Crippen LogP contribution in [0.4, 0.5) is 4.79 Å². The second kappa shape index (κ2) is 7.01. The van der Waals surface area contributed by atoms with Crippen LogP contribution in [-0.4, -0.2) is 30.7 Å². The van der Waals surface area contributed by atoms with Crippen molar-refractivity contribution in [2.45, 2.75) is 32.6 Å². The second-order valence-electron chi connectivity index (χ2n) is 3.16. The lowest BCUT2D eigenvalue weighted by Crippen LogP contribution is -2.36. The third-order valence-electron chi connectivity index (χ3n) is 2.04. The van der Waals surface area contributed by atoms with Crippen LogP contribution in [0, 0.1) is 0 Å². The molecule has 0 saturated carbocycles. The molecule has 13 heavy (non-hydrogen) atoms. The smallest absolute Gasteiger partial charge is 0.409 e. The Hall–Kier alpha value is -0.440. The number of carbonyl (C=O) groups is 1. The Kier molecular flexibility index (Phi) is 6.77. The highest BCUT2D eigenvalue weighted by Gasteiger charge is 2.16. The maximum Gasteiger partial charge on any atom is 0.409 e. The Bertz CT molecular complexity index is 147. The van der Waals surface area contributed by atoms with Crippen molar-refractivity contribution in [2.24, 2.45) is 0 Å². The molecule has 1 aliphatic heterocycles. The molecular formula is C9H18ClNO2. The number of ether oxygens (including phenoxy) is 1. The number of hydrogen-bond donors (Lipinski definition) is 0. The Morgan fingerprint density at radius 1 is 1.31 bits per heavy atom. The Labute approximate surface area is 85.8 Å². The van der Waals surface area contributed by atoms with Crippen LogP contribution in [0.1, 0.15) is 32.6 Å². The highest BCUT2D eigenvalue weighted by Crippen LogP contribution is 2.09. The van der Waals surface area contributed by atoms with Gasteiger partial charge in [-0.1, -0.05) is 6.92 Å². The van der Waals surface area contributed by atoms with Crippen molar-refractivity contribution < 1.29 is 9.53 Å². The van der Waals surface area contributed by atoms with Gasteiger partial charge in [0.1, 0.15) is 0 Å². The summed E-state index contributed by atoms with van der Waals surface area (Å²) in [6, 6.07) is 0. The van der Waals surface area contributed by atoms with Crippen molar-refractivity contribution >= 4 is 18.5 Å². The molecule has 0 N–H and O–H groups in total. The average molecular weight is 208 g/mol. The molecule has 0 aromatic rings. The van der Waals surface area contributed by atoms with E-state index in [1.807, 2.05) is 6.92 Å². The van der Waals surface area contributed by atoms with Gasteiger partial charge in [-0.3, -0.25) is 0 Å². The molecule has 0 unspecified atom stereocenters. The molecule has 1 aliphatic rings. The first-order valence-corrected chi connectivity index (χ1v) is 4.76. The fourth-order valence-electron chi connectivity index (χ4n) is 1.36. The van der Waals surface area contributed by atoms with Crippen LogP contribution in [0.2, 0.25) is 0 Å². The lowest BCUT2D eigenvalue weighted by atomic mass is 10.1. The molecule has 1 heterocycles. The van der Waals surface area contributed by atoms with Gasteiger partial charge in [-0.15, -0.1) is 12.4 Å². The van der Waals surface area contributed by atoms with Crippen molar-refractivity contribution in [1.82, 2.24) is 4.90 Å². The third kappa shape index (κ3) is 4.36. The zero-order valence-corrected chi connectivity index (χ0v) is 8.94. The molecular weight excluding hydrogens is 190 g/mol. The largest absolute Gasteiger partial charge is 0.449 e. The van der Waals surface area contributed by atoms with Crippen LogP contribution in [0.3, 0.4) is 0 Å². The molecule has 0 atom stereocenters. The number of likely N-dealkylation sites (tertiary alicyclic amines) is 1. The van der Waals surface area contributed by atoms with Gasteiger partial charge in [0.2, 0.25) is 0 Å². The molecule has 0 aliphatic carbocycles. The first kappa shape index (κ1) is 12.6. The number of piperidine rings is 1. The van der Waals surface area contributed by atoms with E-state index in [1.165, 1.54) is 6.42 Å². The zero-order chi connectivity index (χ0) is 8.81. The lowest BCUT2D eigenvalue weighted by molar-refractivity contribution is 0.0953. The van der Waals surface area contributed by atoms with Crippen molar-refractivity contribution in [3.63, 3.8) is 0 Å². The topological polar surface area (TPSA) is 29.5 Å². The van der Waals surface area contributed by atoms with Gasteiger partial charge in [0, 0.05) is 13.1 Å². The van der Waals surface area contributed by atoms with Gasteiger partial charge in [-0.25, -0.2) is 4.79 Å². The van der Waals surface area contributed by atoms with Crippen LogP contribution >= 0.6 is 12.4 Å². The predicted molar refractivity (Wildman–Crippen MR) is 54.3 cm³/mol. The molecule has 1 fully saturated rings. The van der Waals surface area contributed by atoms with E-state index in [-0.39, 0.29) is 18.5 Å². The van der Waals surface area contributed by atoms with Crippen molar-refractivity contribution in [2.75, 3.05) is 19.7 Å². The zero-order valence-electron chi connectivity index (χ0n) is 8.12. The quantitative estimate of drug-likeness (QED) is 0.696. The summed E-state index contributed by atoms with van der Waals surface area (Å²) < 4.78 is 5.02. The van der Waals surface area contributed by atoms with E-state index >= 15 is 0 Å². The number of amides is 1. The Balaban J connectivity index is 0.00000144. The summed E-state index contributed by atoms with van der Waals surface area (Å²) in [5.41, 5.74) is 0. The molecule has 1 rings (SSSR count). The van der Waals surface area contributed by atoms with Crippen LogP contribution in [-0.2, 0) is 4.74 Å². The van der Waals surface area contributed by atoms with E-state index in [2.05, 4.69) is 0 Å². The Morgan fingerprint density at radius 2 is 1.92 bits per heavy atom. The van der Waals surface area contributed by atoms with E-state index in [1.54, 1.807) is 4.90 Å². The van der Waals surface area contributed by atoms with Crippen LogP contribution in [0.25, 0.3) is 0 Å². The fraction of sp³-hybridized carbons (Fsp3) is 0.889. The van der Waals surface area contributed by atoms with Crippen LogP contribution in [0.15, 0.2) is 0 Å². The minimum atomic E-state index is -0.128. The summed E-state index contributed by atoms with van der Waals surface area (Å²) in [7, 11) is 0. The molecule has 0 spiro atoms. The van der Waals surface area contributed by atoms with E-state index in [0.717, 1.165) is 32.4 Å². The lowest BCUT2D eigenvalue weighted by Gasteiger charge is -2.25. The molecule has 0 radical (unpaired) electrons. The average Bonchev–Trinajstić information content (AvgIpc) is 2.15. The van der Waals surface area contributed by atoms with Crippen molar-refractivity contribution in [3.8, 4) is 0 Å². The second-order valence-corrected chi connectivity index (χ2v) is 3.16. The van der Waals surface area contributed by atoms with Crippen molar-refractivity contribution in [3.05, 3.63) is 0 Å². The Morgan fingerprint density at radius 3 is 2.46 bits per heavy atom. The van der Waals surface area contributed by atoms with E-state index < -0.39 is 0 Å². The van der Waals surface area contributed by atoms with Gasteiger partial charge in [0.05, 0.1) is 6.61 Å². The normalized spacial score (nSPS) is 16.2. The predicted octanol–water partition coefficient (Wildman–Crippen LogP) is 2.44. The minimum absolute atomic E-state index is 0. The summed E-state index contributed by atoms with van der Waals surface area (Å²) in [6.45, 7) is 4.31. The molecule has 3 nitrogen and oxygen atoms in total. The standard InChI is InChI=1S/C9H17NO2.ClH/c1-2-8-12-9(11)10-6-4-3-5-7-10;/h2-8H2,1H3;1H. The number of halogens is 1. The molecule has 0 bridgehead atoms. The fourth-order valence-corrected chi connectivity index (χ4v) is 1.36. The summed E-state index contributed by atoms with van der Waals surface area (Å²) in [5, 5.41) is 0. The number of carbonyl (C=O) groups excluding carboxylic acids is 1. The highest BCUT2D eigenvalue weighted by atomic mass is 35.5. The highest BCUT2D eigenvalue weighted by molar-refractivity contribution is 5.85. The number of rotatable bonds is 2. The molecule has 0 aromatic heterocycles. The summed E-state index contributed by atoms with van der Waals surface area (Å²) in [4.78, 5) is 13.1. The summed E-state index contributed by atoms with van der Waals surface area (Å²) >= 11 is 0. The molecule has 4 heteroatoms. The van der Waals surface area contributed by atoms with Crippen LogP contribution < -0.4 is 0 Å². The van der Waals surface area contributed by atoms with Gasteiger partial charge in [-0.05, 0) is 25.7 Å². The maximum absolute atomic E-state index is 11.3. The molecule has 78 valence electrons. The summed E-state index contributed by atoms with van der Waals surface area (Å²) in [5.74, 6) is 0. The third-order valence-corrected chi connectivity index (χ3v) is 2.04. The van der Waals surface area contributed by atoms with Crippen LogP contribution in [0.5, 0.6) is 0 Å². The van der Waals surface area contributed by atoms with E-state index in [0.29, 0.717) is 6.61 Å². The van der Waals surface area contributed by atoms with Gasteiger partial charge in [0.15, 0.2) is 0 Å². The minimum Gasteiger partial charge on any atom is -0.449 e. The van der Waals surface area contributed by atoms with Crippen molar-refractivity contribution in [1.29, 1.82) is 0 Å². The van der Waals surface area contributed by atoms with Gasteiger partial charge < -0.3 is 9.64 Å². The number of hydrogen-bond acceptors (Lipinski definition) is 2. The monoisotopic (exact) mass is 207 g/mol. The number of nitrogens with zero attached hydrogens (tertiary/aromatic N) is 1. The maximum atomic E-state index is 11.3. The molecule has 0 aromatic carbocycles. The summed E-state index contributed by atoms with van der Waals surface area (Å²) in [6.07, 6.45) is 4.27. The molecule has 1 amide bonds. The van der Waals surface area contributed by atoms with Gasteiger partial charge in [-0.2, -0.15) is 0 Å². The molecule has 1 saturated heterocycles.